The molecular weight excluding hydrogens is 230 g/mol. The first-order chi connectivity index (χ1) is 8.70. The van der Waals surface area contributed by atoms with Crippen LogP contribution in [0, 0.1) is 0 Å². The van der Waals surface area contributed by atoms with Gasteiger partial charge in [0.05, 0.1) is 19.8 Å². The molecular formula is C14H19NO3. The second-order valence-corrected chi connectivity index (χ2v) is 4.59. The van der Waals surface area contributed by atoms with E-state index in [0.717, 1.165) is 38.4 Å². The van der Waals surface area contributed by atoms with Crippen LogP contribution in [0.2, 0.25) is 0 Å². The number of hydrogen-bond donors (Lipinski definition) is 1. The summed E-state index contributed by atoms with van der Waals surface area (Å²) in [7, 11) is 0. The highest BCUT2D eigenvalue weighted by Crippen LogP contribution is 2.15. The Bertz CT molecular complexity index is 425. The van der Waals surface area contributed by atoms with Gasteiger partial charge in [0.15, 0.2) is 5.78 Å². The van der Waals surface area contributed by atoms with E-state index in [1.807, 2.05) is 18.2 Å². The van der Waals surface area contributed by atoms with Gasteiger partial charge in [0.2, 0.25) is 0 Å². The molecule has 4 nitrogen and oxygen atoms in total. The largest absolute Gasteiger partial charge is 0.392 e. The molecule has 1 N–H and O–H groups in total. The number of ketones is 1. The SMILES string of the molecule is CC(=O)c1ccc(CN2CCOCC2)cc1CO. The van der Waals surface area contributed by atoms with Gasteiger partial charge in [0, 0.05) is 25.2 Å². The molecule has 0 radical (unpaired) electrons. The summed E-state index contributed by atoms with van der Waals surface area (Å²) in [5.41, 5.74) is 2.46. The van der Waals surface area contributed by atoms with Crippen molar-refractivity contribution in [3.05, 3.63) is 34.9 Å². The zero-order valence-electron chi connectivity index (χ0n) is 10.7. The standard InChI is InChI=1S/C14H19NO3/c1-11(17)14-3-2-12(8-13(14)10-16)9-15-4-6-18-7-5-15/h2-3,8,16H,4-7,9-10H2,1H3. The van der Waals surface area contributed by atoms with E-state index in [9.17, 15) is 9.90 Å². The number of aliphatic hydroxyl groups is 1. The molecule has 0 spiro atoms. The third-order valence-corrected chi connectivity index (χ3v) is 3.23. The fourth-order valence-corrected chi connectivity index (χ4v) is 2.24. The van der Waals surface area contributed by atoms with Gasteiger partial charge in [-0.05, 0) is 18.1 Å². The van der Waals surface area contributed by atoms with Gasteiger partial charge in [-0.3, -0.25) is 9.69 Å². The van der Waals surface area contributed by atoms with Crippen LogP contribution < -0.4 is 0 Å². The van der Waals surface area contributed by atoms with E-state index in [1.165, 1.54) is 6.92 Å². The zero-order valence-corrected chi connectivity index (χ0v) is 10.7. The number of nitrogens with zero attached hydrogens (tertiary/aromatic N) is 1. The molecule has 0 saturated carbocycles. The summed E-state index contributed by atoms with van der Waals surface area (Å²) in [5.74, 6) is -0.00280. The van der Waals surface area contributed by atoms with Crippen LogP contribution in [-0.2, 0) is 17.9 Å². The summed E-state index contributed by atoms with van der Waals surface area (Å²) in [6.45, 7) is 5.69. The van der Waals surface area contributed by atoms with Gasteiger partial charge in [-0.1, -0.05) is 18.2 Å². The highest BCUT2D eigenvalue weighted by atomic mass is 16.5. The van der Waals surface area contributed by atoms with E-state index in [2.05, 4.69) is 4.90 Å². The smallest absolute Gasteiger partial charge is 0.160 e. The minimum absolute atomic E-state index is 0.00280. The maximum atomic E-state index is 11.4. The lowest BCUT2D eigenvalue weighted by molar-refractivity contribution is 0.0341. The van der Waals surface area contributed by atoms with E-state index in [4.69, 9.17) is 4.74 Å². The monoisotopic (exact) mass is 249 g/mol. The quantitative estimate of drug-likeness (QED) is 0.815. The second-order valence-electron chi connectivity index (χ2n) is 4.59. The number of aliphatic hydroxyl groups excluding tert-OH is 1. The van der Waals surface area contributed by atoms with Gasteiger partial charge < -0.3 is 9.84 Å². The average molecular weight is 249 g/mol. The highest BCUT2D eigenvalue weighted by molar-refractivity contribution is 5.95. The molecule has 0 aliphatic carbocycles. The minimum atomic E-state index is -0.0914. The number of Topliss-reactive ketones (excluding diaryl/α,β-unsaturated/α-hetero) is 1. The Morgan fingerprint density at radius 2 is 2.11 bits per heavy atom. The predicted octanol–water partition coefficient (Wildman–Crippen LogP) is 1.21. The van der Waals surface area contributed by atoms with Crippen LogP contribution in [0.1, 0.15) is 28.4 Å². The molecule has 1 aliphatic heterocycles. The second kappa shape index (κ2) is 6.09. The van der Waals surface area contributed by atoms with Crippen LogP contribution in [0.3, 0.4) is 0 Å². The van der Waals surface area contributed by atoms with Gasteiger partial charge in [-0.15, -0.1) is 0 Å². The first-order valence-electron chi connectivity index (χ1n) is 6.24. The number of hydrogen-bond acceptors (Lipinski definition) is 4. The van der Waals surface area contributed by atoms with E-state index in [0.29, 0.717) is 11.1 Å². The van der Waals surface area contributed by atoms with Crippen molar-refractivity contribution in [3.8, 4) is 0 Å². The summed E-state index contributed by atoms with van der Waals surface area (Å²) < 4.78 is 5.31. The molecule has 0 unspecified atom stereocenters. The predicted molar refractivity (Wildman–Crippen MR) is 68.5 cm³/mol. The van der Waals surface area contributed by atoms with Crippen LogP contribution >= 0.6 is 0 Å². The molecule has 1 aromatic rings. The molecule has 1 aromatic carbocycles. The van der Waals surface area contributed by atoms with Crippen LogP contribution in [0.15, 0.2) is 18.2 Å². The van der Waals surface area contributed by atoms with Gasteiger partial charge in [-0.25, -0.2) is 0 Å². The van der Waals surface area contributed by atoms with E-state index in [1.54, 1.807) is 0 Å². The Hall–Kier alpha value is -1.23. The maximum absolute atomic E-state index is 11.4. The Morgan fingerprint density at radius 3 is 2.72 bits per heavy atom. The van der Waals surface area contributed by atoms with Crippen molar-refractivity contribution in [1.29, 1.82) is 0 Å². The lowest BCUT2D eigenvalue weighted by Crippen LogP contribution is -2.35. The maximum Gasteiger partial charge on any atom is 0.160 e. The van der Waals surface area contributed by atoms with Crippen molar-refractivity contribution in [2.24, 2.45) is 0 Å². The lowest BCUT2D eigenvalue weighted by atomic mass is 10.0. The molecule has 4 heteroatoms. The Balaban J connectivity index is 2.11. The van der Waals surface area contributed by atoms with Crippen LogP contribution in [0.4, 0.5) is 0 Å². The fraction of sp³-hybridized carbons (Fsp3) is 0.500. The first-order valence-corrected chi connectivity index (χ1v) is 6.24. The Kier molecular flexibility index (Phi) is 4.47. The van der Waals surface area contributed by atoms with Crippen molar-refractivity contribution in [1.82, 2.24) is 4.90 Å². The number of carbonyl (C=O) groups is 1. The Labute approximate surface area is 107 Å². The summed E-state index contributed by atoms with van der Waals surface area (Å²) in [6.07, 6.45) is 0. The molecule has 0 aromatic heterocycles. The minimum Gasteiger partial charge on any atom is -0.392 e. The summed E-state index contributed by atoms with van der Waals surface area (Å²) in [6, 6.07) is 5.70. The van der Waals surface area contributed by atoms with Gasteiger partial charge in [-0.2, -0.15) is 0 Å². The van der Waals surface area contributed by atoms with E-state index < -0.39 is 0 Å². The zero-order chi connectivity index (χ0) is 13.0. The molecule has 0 amide bonds. The fourth-order valence-electron chi connectivity index (χ4n) is 2.24. The molecule has 1 heterocycles. The molecule has 18 heavy (non-hydrogen) atoms. The number of rotatable bonds is 4. The molecule has 1 aliphatic rings. The molecule has 2 rings (SSSR count). The number of morpholine rings is 1. The summed E-state index contributed by atoms with van der Waals surface area (Å²) in [4.78, 5) is 13.7. The van der Waals surface area contributed by atoms with E-state index in [-0.39, 0.29) is 12.4 Å². The molecule has 1 saturated heterocycles. The van der Waals surface area contributed by atoms with Gasteiger partial charge in [0.25, 0.3) is 0 Å². The first kappa shape index (κ1) is 13.2. The number of benzene rings is 1. The van der Waals surface area contributed by atoms with Crippen molar-refractivity contribution in [2.45, 2.75) is 20.1 Å². The normalized spacial score (nSPS) is 16.8. The molecule has 98 valence electrons. The lowest BCUT2D eigenvalue weighted by Gasteiger charge is -2.26. The van der Waals surface area contributed by atoms with Crippen LogP contribution in [-0.4, -0.2) is 42.1 Å². The topological polar surface area (TPSA) is 49.8 Å². The third-order valence-electron chi connectivity index (χ3n) is 3.23. The van der Waals surface area contributed by atoms with Crippen LogP contribution in [0.5, 0.6) is 0 Å². The van der Waals surface area contributed by atoms with Crippen molar-refractivity contribution in [3.63, 3.8) is 0 Å². The average Bonchev–Trinajstić information content (AvgIpc) is 2.39. The van der Waals surface area contributed by atoms with Crippen molar-refractivity contribution < 1.29 is 14.6 Å². The molecule has 0 bridgehead atoms. The van der Waals surface area contributed by atoms with E-state index >= 15 is 0 Å². The highest BCUT2D eigenvalue weighted by Gasteiger charge is 2.12. The van der Waals surface area contributed by atoms with Gasteiger partial charge >= 0.3 is 0 Å². The number of carbonyl (C=O) groups excluding carboxylic acids is 1. The molecule has 0 atom stereocenters. The third kappa shape index (κ3) is 3.16. The van der Waals surface area contributed by atoms with Gasteiger partial charge in [0.1, 0.15) is 0 Å². The Morgan fingerprint density at radius 1 is 1.39 bits per heavy atom. The molecule has 1 fully saturated rings. The summed E-state index contributed by atoms with van der Waals surface area (Å²) in [5, 5.41) is 9.31. The van der Waals surface area contributed by atoms with Crippen molar-refractivity contribution in [2.75, 3.05) is 26.3 Å². The van der Waals surface area contributed by atoms with Crippen LogP contribution in [0.25, 0.3) is 0 Å². The number of ether oxygens (including phenoxy) is 1. The summed E-state index contributed by atoms with van der Waals surface area (Å²) >= 11 is 0. The van der Waals surface area contributed by atoms with Crippen molar-refractivity contribution >= 4 is 5.78 Å².